The molecule has 182 valence electrons. The van der Waals surface area contributed by atoms with Gasteiger partial charge in [-0.25, -0.2) is 9.69 Å². The Morgan fingerprint density at radius 1 is 0.917 bits per heavy atom. The van der Waals surface area contributed by atoms with Crippen LogP contribution < -0.4 is 19.9 Å². The smallest absolute Gasteiger partial charge is 0.335 e. The maximum Gasteiger partial charge on any atom is 0.335 e. The summed E-state index contributed by atoms with van der Waals surface area (Å²) >= 11 is 0. The van der Waals surface area contributed by atoms with Crippen molar-refractivity contribution in [1.29, 1.82) is 0 Å². The predicted octanol–water partition coefficient (Wildman–Crippen LogP) is 4.27. The van der Waals surface area contributed by atoms with Gasteiger partial charge in [-0.1, -0.05) is 48.5 Å². The summed E-state index contributed by atoms with van der Waals surface area (Å²) < 4.78 is 5.24. The number of barbiturate groups is 1. The van der Waals surface area contributed by atoms with Crippen LogP contribution in [0.4, 0.5) is 16.2 Å². The van der Waals surface area contributed by atoms with Crippen molar-refractivity contribution in [3.05, 3.63) is 90.0 Å². The summed E-state index contributed by atoms with van der Waals surface area (Å²) in [6.07, 6.45) is 1.81. The van der Waals surface area contributed by atoms with Crippen molar-refractivity contribution in [2.45, 2.75) is 31.2 Å². The summed E-state index contributed by atoms with van der Waals surface area (Å²) in [5, 5.41) is 2.54. The van der Waals surface area contributed by atoms with Gasteiger partial charge in [0.05, 0.1) is 18.8 Å². The number of amides is 4. The molecule has 0 unspecified atom stereocenters. The second-order valence-corrected chi connectivity index (χ2v) is 9.72. The number of carbonyl (C=O) groups excluding carboxylic acids is 3. The number of urea groups is 1. The average molecular weight is 482 g/mol. The Morgan fingerprint density at radius 3 is 2.39 bits per heavy atom. The molecule has 3 aromatic carbocycles. The number of benzene rings is 3. The monoisotopic (exact) mass is 481 g/mol. The maximum atomic E-state index is 14.4. The highest BCUT2D eigenvalue weighted by atomic mass is 16.5. The van der Waals surface area contributed by atoms with E-state index in [1.807, 2.05) is 36.4 Å². The van der Waals surface area contributed by atoms with E-state index in [9.17, 15) is 14.4 Å². The van der Waals surface area contributed by atoms with Crippen molar-refractivity contribution in [3.63, 3.8) is 0 Å². The minimum atomic E-state index is -1.42. The van der Waals surface area contributed by atoms with Crippen LogP contribution >= 0.6 is 0 Å². The van der Waals surface area contributed by atoms with Crippen LogP contribution in [0.5, 0.6) is 5.75 Å². The molecule has 7 nitrogen and oxygen atoms in total. The summed E-state index contributed by atoms with van der Waals surface area (Å²) in [7, 11) is 1.56. The highest BCUT2D eigenvalue weighted by Gasteiger charge is 2.63. The number of fused-ring (bicyclic) bond motifs is 4. The molecule has 0 aromatic heterocycles. The fourth-order valence-corrected chi connectivity index (χ4v) is 6.18. The van der Waals surface area contributed by atoms with Gasteiger partial charge >= 0.3 is 6.03 Å². The molecule has 7 heteroatoms. The highest BCUT2D eigenvalue weighted by molar-refractivity contribution is 6.30. The van der Waals surface area contributed by atoms with Gasteiger partial charge in [-0.3, -0.25) is 14.9 Å². The number of para-hydroxylation sites is 1. The molecule has 0 saturated carbocycles. The number of anilines is 2. The topological polar surface area (TPSA) is 79.0 Å². The highest BCUT2D eigenvalue weighted by Crippen LogP contribution is 2.50. The third-order valence-corrected chi connectivity index (χ3v) is 7.96. The van der Waals surface area contributed by atoms with E-state index in [2.05, 4.69) is 28.4 Å². The Labute approximate surface area is 209 Å². The predicted molar refractivity (Wildman–Crippen MR) is 136 cm³/mol. The number of nitrogens with zero attached hydrogens (tertiary/aromatic N) is 2. The summed E-state index contributed by atoms with van der Waals surface area (Å²) in [6.45, 7) is 0.722. The molecule has 3 aromatic rings. The van der Waals surface area contributed by atoms with E-state index in [0.29, 0.717) is 17.9 Å². The van der Waals surface area contributed by atoms with Gasteiger partial charge in [0.1, 0.15) is 5.75 Å². The molecule has 2 fully saturated rings. The van der Waals surface area contributed by atoms with Crippen LogP contribution in [-0.4, -0.2) is 37.5 Å². The average Bonchev–Trinajstić information content (AvgIpc) is 2.92. The Morgan fingerprint density at radius 2 is 1.64 bits per heavy atom. The van der Waals surface area contributed by atoms with Crippen LogP contribution in [0.2, 0.25) is 0 Å². The van der Waals surface area contributed by atoms with Crippen LogP contribution in [0.15, 0.2) is 78.9 Å². The summed E-state index contributed by atoms with van der Waals surface area (Å²) in [6, 6.07) is 23.9. The second kappa shape index (κ2) is 8.52. The summed E-state index contributed by atoms with van der Waals surface area (Å²) in [5.74, 6) is -0.160. The van der Waals surface area contributed by atoms with Gasteiger partial charge in [-0.05, 0) is 66.6 Å². The largest absolute Gasteiger partial charge is 0.497 e. The number of rotatable bonds is 3. The molecular weight excluding hydrogens is 454 g/mol. The van der Waals surface area contributed by atoms with E-state index in [1.54, 1.807) is 31.4 Å². The lowest BCUT2D eigenvalue weighted by Gasteiger charge is -2.55. The molecule has 4 amide bonds. The van der Waals surface area contributed by atoms with Gasteiger partial charge in [0.25, 0.3) is 5.91 Å². The Bertz CT molecular complexity index is 1340. The third kappa shape index (κ3) is 3.30. The maximum absolute atomic E-state index is 14.4. The van der Waals surface area contributed by atoms with Crippen LogP contribution in [0, 0.1) is 5.41 Å². The number of imide groups is 2. The molecule has 3 aliphatic heterocycles. The molecule has 6 rings (SSSR count). The van der Waals surface area contributed by atoms with Crippen LogP contribution in [0.25, 0.3) is 0 Å². The zero-order valence-electron chi connectivity index (χ0n) is 20.0. The second-order valence-electron chi connectivity index (χ2n) is 9.72. The lowest BCUT2D eigenvalue weighted by molar-refractivity contribution is -0.145. The number of nitrogens with one attached hydrogen (secondary N) is 1. The van der Waals surface area contributed by atoms with Crippen molar-refractivity contribution >= 4 is 29.2 Å². The van der Waals surface area contributed by atoms with E-state index < -0.39 is 23.3 Å². The van der Waals surface area contributed by atoms with Gasteiger partial charge in [0.2, 0.25) is 5.91 Å². The Balaban J connectivity index is 1.47. The molecule has 1 spiro atoms. The first-order valence-corrected chi connectivity index (χ1v) is 12.3. The van der Waals surface area contributed by atoms with E-state index in [-0.39, 0.29) is 18.4 Å². The van der Waals surface area contributed by atoms with Crippen molar-refractivity contribution < 1.29 is 19.1 Å². The van der Waals surface area contributed by atoms with Crippen molar-refractivity contribution in [2.75, 3.05) is 23.5 Å². The fraction of sp³-hybridized carbons (Fsp3) is 0.276. The molecule has 36 heavy (non-hydrogen) atoms. The Kier molecular flexibility index (Phi) is 5.29. The van der Waals surface area contributed by atoms with E-state index in [0.717, 1.165) is 29.1 Å². The molecule has 3 aliphatic rings. The SMILES string of the molecule is COc1ccc(N2C(=O)NC(=O)[C@]3(Cc4ccccc4N4CC[C@H](c5ccccc5)C[C@H]43)C2=O)cc1. The number of methoxy groups -OCH3 is 1. The van der Waals surface area contributed by atoms with E-state index in [1.165, 1.54) is 5.56 Å². The van der Waals surface area contributed by atoms with E-state index >= 15 is 0 Å². The first-order valence-electron chi connectivity index (χ1n) is 12.3. The minimum absolute atomic E-state index is 0.210. The van der Waals surface area contributed by atoms with Crippen LogP contribution in [0.1, 0.15) is 29.9 Å². The molecule has 0 aliphatic carbocycles. The minimum Gasteiger partial charge on any atom is -0.497 e. The fourth-order valence-electron chi connectivity index (χ4n) is 6.18. The number of hydrogen-bond acceptors (Lipinski definition) is 5. The van der Waals surface area contributed by atoms with Gasteiger partial charge in [-0.2, -0.15) is 0 Å². The molecular formula is C29H27N3O4. The molecule has 0 bridgehead atoms. The zero-order valence-corrected chi connectivity index (χ0v) is 20.0. The van der Waals surface area contributed by atoms with Gasteiger partial charge in [0.15, 0.2) is 5.41 Å². The number of hydrogen-bond donors (Lipinski definition) is 1. The molecule has 3 atom stereocenters. The van der Waals surface area contributed by atoms with Gasteiger partial charge in [0, 0.05) is 12.2 Å². The standard InChI is InChI=1S/C29H27N3O4/c1-36-23-13-11-22(12-14-23)32-27(34)29(26(33)30-28(32)35)18-21-9-5-6-10-24(21)31-16-15-20(17-25(29)31)19-7-3-2-4-8-19/h2-14,20,25H,15-18H2,1H3,(H,30,33,35)/t20-,25-,29+/m0/s1. The zero-order chi connectivity index (χ0) is 24.9. The summed E-state index contributed by atoms with van der Waals surface area (Å²) in [5.41, 5.74) is 2.20. The number of ether oxygens (including phenoxy) is 1. The molecule has 2 saturated heterocycles. The normalized spacial score (nSPS) is 25.3. The van der Waals surface area contributed by atoms with Crippen molar-refractivity contribution in [2.24, 2.45) is 5.41 Å². The van der Waals surface area contributed by atoms with Crippen molar-refractivity contribution in [3.8, 4) is 5.75 Å². The quantitative estimate of drug-likeness (QED) is 0.565. The third-order valence-electron chi connectivity index (χ3n) is 7.96. The van der Waals surface area contributed by atoms with E-state index in [4.69, 9.17) is 4.74 Å². The molecule has 0 radical (unpaired) electrons. The first kappa shape index (κ1) is 22.3. The van der Waals surface area contributed by atoms with Crippen molar-refractivity contribution in [1.82, 2.24) is 5.32 Å². The first-order chi connectivity index (χ1) is 17.5. The van der Waals surface area contributed by atoms with Gasteiger partial charge < -0.3 is 9.64 Å². The summed E-state index contributed by atoms with van der Waals surface area (Å²) in [4.78, 5) is 44.5. The molecule has 3 heterocycles. The Hall–Kier alpha value is -4.13. The molecule has 1 N–H and O–H groups in total. The lowest BCUT2D eigenvalue weighted by atomic mass is 9.64. The number of piperidine rings is 1. The lowest BCUT2D eigenvalue weighted by Crippen LogP contribution is -2.73. The van der Waals surface area contributed by atoms with Crippen LogP contribution in [-0.2, 0) is 16.0 Å². The number of carbonyl (C=O) groups is 3. The van der Waals surface area contributed by atoms with Crippen LogP contribution in [0.3, 0.4) is 0 Å². The van der Waals surface area contributed by atoms with Gasteiger partial charge in [-0.15, -0.1) is 0 Å².